The smallest absolute Gasteiger partial charge is 0.272 e. The fraction of sp³-hybridized carbons (Fsp3) is 0.353. The molecule has 1 aromatic heterocycles. The maximum atomic E-state index is 11.0. The molecule has 5 nitrogen and oxygen atoms in total. The number of hydrogen-bond donors (Lipinski definition) is 1. The highest BCUT2D eigenvalue weighted by atomic mass is 16.6. The van der Waals surface area contributed by atoms with Crippen molar-refractivity contribution in [3.8, 4) is 0 Å². The van der Waals surface area contributed by atoms with Crippen molar-refractivity contribution in [1.29, 1.82) is 0 Å². The lowest BCUT2D eigenvalue weighted by Gasteiger charge is -2.14. The van der Waals surface area contributed by atoms with Gasteiger partial charge in [0.15, 0.2) is 0 Å². The van der Waals surface area contributed by atoms with Gasteiger partial charge in [0.25, 0.3) is 5.69 Å². The van der Waals surface area contributed by atoms with Crippen LogP contribution in [0.25, 0.3) is 0 Å². The Balaban J connectivity index is 1.87. The van der Waals surface area contributed by atoms with Crippen molar-refractivity contribution in [3.05, 3.63) is 69.5 Å². The minimum atomic E-state index is -0.315. The van der Waals surface area contributed by atoms with Gasteiger partial charge in [-0.05, 0) is 38.3 Å². The van der Waals surface area contributed by atoms with Gasteiger partial charge in [-0.1, -0.05) is 24.3 Å². The minimum absolute atomic E-state index is 0.204. The molecule has 0 aliphatic heterocycles. The van der Waals surface area contributed by atoms with Crippen molar-refractivity contribution >= 4 is 5.69 Å². The number of nitrogens with one attached hydrogen (secondary N) is 1. The van der Waals surface area contributed by atoms with Gasteiger partial charge < -0.3 is 5.32 Å². The molecule has 0 bridgehead atoms. The lowest BCUT2D eigenvalue weighted by molar-refractivity contribution is -0.385. The predicted octanol–water partition coefficient (Wildman–Crippen LogP) is 3.41. The van der Waals surface area contributed by atoms with Gasteiger partial charge in [0, 0.05) is 30.4 Å². The summed E-state index contributed by atoms with van der Waals surface area (Å²) in [7, 11) is 0. The second-order valence-electron chi connectivity index (χ2n) is 5.47. The summed E-state index contributed by atoms with van der Waals surface area (Å²) in [6.07, 6.45) is 3.32. The van der Waals surface area contributed by atoms with E-state index in [0.717, 1.165) is 17.7 Å². The lowest BCUT2D eigenvalue weighted by Crippen LogP contribution is -2.26. The monoisotopic (exact) mass is 299 g/mol. The maximum Gasteiger partial charge on any atom is 0.272 e. The molecular weight excluding hydrogens is 278 g/mol. The molecule has 1 atom stereocenters. The quantitative estimate of drug-likeness (QED) is 0.628. The van der Waals surface area contributed by atoms with Crippen molar-refractivity contribution < 1.29 is 4.92 Å². The molecule has 0 aliphatic rings. The zero-order valence-electron chi connectivity index (χ0n) is 13.0. The molecule has 1 heterocycles. The van der Waals surface area contributed by atoms with Crippen LogP contribution in [0, 0.1) is 17.0 Å². The second-order valence-corrected chi connectivity index (χ2v) is 5.47. The molecule has 0 radical (unpaired) electrons. The Morgan fingerprint density at radius 1 is 1.27 bits per heavy atom. The van der Waals surface area contributed by atoms with E-state index in [1.807, 2.05) is 31.2 Å². The molecule has 116 valence electrons. The van der Waals surface area contributed by atoms with Gasteiger partial charge >= 0.3 is 0 Å². The van der Waals surface area contributed by atoms with Crippen LogP contribution in [0.1, 0.15) is 30.2 Å². The second kappa shape index (κ2) is 7.66. The summed E-state index contributed by atoms with van der Waals surface area (Å²) >= 11 is 0. The van der Waals surface area contributed by atoms with E-state index < -0.39 is 0 Å². The highest BCUT2D eigenvalue weighted by molar-refractivity contribution is 5.39. The first-order valence-electron chi connectivity index (χ1n) is 7.44. The van der Waals surface area contributed by atoms with E-state index >= 15 is 0 Å². The summed E-state index contributed by atoms with van der Waals surface area (Å²) in [6, 6.07) is 11.2. The van der Waals surface area contributed by atoms with Gasteiger partial charge in [-0.3, -0.25) is 15.1 Å². The number of pyridine rings is 1. The molecule has 1 aromatic carbocycles. The van der Waals surface area contributed by atoms with Crippen molar-refractivity contribution in [1.82, 2.24) is 10.3 Å². The summed E-state index contributed by atoms with van der Waals surface area (Å²) < 4.78 is 0. The van der Waals surface area contributed by atoms with Crippen LogP contribution in [-0.4, -0.2) is 15.9 Å². The molecule has 0 unspecified atom stereocenters. The number of aromatic nitrogens is 1. The lowest BCUT2D eigenvalue weighted by atomic mass is 10.0. The van der Waals surface area contributed by atoms with Crippen LogP contribution in [0.15, 0.2) is 42.6 Å². The van der Waals surface area contributed by atoms with E-state index in [9.17, 15) is 10.1 Å². The summed E-state index contributed by atoms with van der Waals surface area (Å²) in [5.74, 6) is 0. The largest absolute Gasteiger partial charge is 0.309 e. The fourth-order valence-corrected chi connectivity index (χ4v) is 2.35. The molecule has 1 N–H and O–H groups in total. The first kappa shape index (κ1) is 16.1. The SMILES string of the molecule is Cc1cccnc1CN[C@H](C)CCc1ccccc1[N+](=O)[O-]. The minimum Gasteiger partial charge on any atom is -0.309 e. The first-order valence-corrected chi connectivity index (χ1v) is 7.44. The van der Waals surface area contributed by atoms with Crippen LogP contribution in [0.3, 0.4) is 0 Å². The average molecular weight is 299 g/mol. The Hall–Kier alpha value is -2.27. The Labute approximate surface area is 130 Å². The first-order chi connectivity index (χ1) is 10.6. The van der Waals surface area contributed by atoms with Crippen LogP contribution in [-0.2, 0) is 13.0 Å². The number of nitrogens with zero attached hydrogens (tertiary/aromatic N) is 2. The van der Waals surface area contributed by atoms with E-state index in [2.05, 4.69) is 17.2 Å². The Bertz CT molecular complexity index is 643. The summed E-state index contributed by atoms with van der Waals surface area (Å²) in [6.45, 7) is 4.85. The standard InChI is InChI=1S/C17H21N3O2/c1-13-6-5-11-18-16(13)12-19-14(2)9-10-15-7-3-4-8-17(15)20(21)22/h3-8,11,14,19H,9-10,12H2,1-2H3/t14-/m1/s1. The van der Waals surface area contributed by atoms with Gasteiger partial charge in [-0.15, -0.1) is 0 Å². The number of rotatable bonds is 7. The van der Waals surface area contributed by atoms with Gasteiger partial charge in [0.1, 0.15) is 0 Å². The van der Waals surface area contributed by atoms with Crippen LogP contribution in [0.4, 0.5) is 5.69 Å². The molecular formula is C17H21N3O2. The van der Waals surface area contributed by atoms with Crippen LogP contribution >= 0.6 is 0 Å². The molecule has 0 amide bonds. The summed E-state index contributed by atoms with van der Waals surface area (Å²) in [5.41, 5.74) is 3.20. The third-order valence-electron chi connectivity index (χ3n) is 3.77. The number of nitro benzene ring substituents is 1. The topological polar surface area (TPSA) is 68.1 Å². The zero-order valence-corrected chi connectivity index (χ0v) is 13.0. The number of para-hydroxylation sites is 1. The molecule has 0 saturated carbocycles. The van der Waals surface area contributed by atoms with Crippen LogP contribution in [0.5, 0.6) is 0 Å². The van der Waals surface area contributed by atoms with Crippen LogP contribution < -0.4 is 5.32 Å². The summed E-state index contributed by atoms with van der Waals surface area (Å²) in [5, 5.41) is 14.4. The molecule has 2 aromatic rings. The molecule has 0 spiro atoms. The molecule has 5 heteroatoms. The number of benzene rings is 1. The average Bonchev–Trinajstić information content (AvgIpc) is 2.52. The fourth-order valence-electron chi connectivity index (χ4n) is 2.35. The van der Waals surface area contributed by atoms with E-state index in [1.165, 1.54) is 5.56 Å². The number of hydrogen-bond acceptors (Lipinski definition) is 4. The van der Waals surface area contributed by atoms with Crippen molar-refractivity contribution in [2.24, 2.45) is 0 Å². The zero-order chi connectivity index (χ0) is 15.9. The highest BCUT2D eigenvalue weighted by Crippen LogP contribution is 2.19. The Morgan fingerprint density at radius 2 is 2.05 bits per heavy atom. The molecule has 0 aliphatic carbocycles. The molecule has 22 heavy (non-hydrogen) atoms. The van der Waals surface area contributed by atoms with Gasteiger partial charge in [-0.2, -0.15) is 0 Å². The normalized spacial score (nSPS) is 12.1. The van der Waals surface area contributed by atoms with Gasteiger partial charge in [0.05, 0.1) is 10.6 Å². The van der Waals surface area contributed by atoms with Crippen molar-refractivity contribution in [2.45, 2.75) is 39.3 Å². The van der Waals surface area contributed by atoms with Gasteiger partial charge in [0.2, 0.25) is 0 Å². The van der Waals surface area contributed by atoms with Crippen LogP contribution in [0.2, 0.25) is 0 Å². The van der Waals surface area contributed by atoms with E-state index in [0.29, 0.717) is 13.0 Å². The van der Waals surface area contributed by atoms with E-state index in [1.54, 1.807) is 18.3 Å². The number of nitro groups is 1. The maximum absolute atomic E-state index is 11.0. The van der Waals surface area contributed by atoms with E-state index in [4.69, 9.17) is 0 Å². The predicted molar refractivity (Wildman–Crippen MR) is 86.7 cm³/mol. The third-order valence-corrected chi connectivity index (χ3v) is 3.77. The Morgan fingerprint density at radius 3 is 2.77 bits per heavy atom. The molecule has 2 rings (SSSR count). The summed E-state index contributed by atoms with van der Waals surface area (Å²) in [4.78, 5) is 15.0. The Kier molecular flexibility index (Phi) is 5.61. The molecule has 0 fully saturated rings. The van der Waals surface area contributed by atoms with Gasteiger partial charge in [-0.25, -0.2) is 0 Å². The highest BCUT2D eigenvalue weighted by Gasteiger charge is 2.13. The number of aryl methyl sites for hydroxylation is 2. The molecule has 0 saturated heterocycles. The van der Waals surface area contributed by atoms with E-state index in [-0.39, 0.29) is 16.7 Å². The van der Waals surface area contributed by atoms with Crippen molar-refractivity contribution in [3.63, 3.8) is 0 Å². The van der Waals surface area contributed by atoms with Crippen molar-refractivity contribution in [2.75, 3.05) is 0 Å². The third kappa shape index (κ3) is 4.36.